The van der Waals surface area contributed by atoms with E-state index in [9.17, 15) is 9.59 Å². The maximum atomic E-state index is 13.0. The summed E-state index contributed by atoms with van der Waals surface area (Å²) in [5.74, 6) is 1.09. The fourth-order valence-electron chi connectivity index (χ4n) is 3.99. The molecule has 2 aliphatic rings. The van der Waals surface area contributed by atoms with Crippen molar-refractivity contribution in [1.29, 1.82) is 0 Å². The fraction of sp³-hybridized carbons (Fsp3) is 0.304. The molecule has 0 unspecified atom stereocenters. The van der Waals surface area contributed by atoms with Crippen LogP contribution in [0.25, 0.3) is 5.69 Å². The Morgan fingerprint density at radius 2 is 1.68 bits per heavy atom. The van der Waals surface area contributed by atoms with E-state index in [1.54, 1.807) is 23.1 Å². The number of likely N-dealkylation sites (tertiary alicyclic amines) is 1. The Morgan fingerprint density at radius 1 is 0.935 bits per heavy atom. The molecule has 1 amide bonds. The molecule has 0 bridgehead atoms. The maximum Gasteiger partial charge on any atom is 0.276 e. The summed E-state index contributed by atoms with van der Waals surface area (Å²) in [4.78, 5) is 29.0. The number of nitrogens with zero attached hydrogens (tertiary/aromatic N) is 4. The van der Waals surface area contributed by atoms with E-state index >= 15 is 0 Å². The van der Waals surface area contributed by atoms with Gasteiger partial charge in [0, 0.05) is 24.6 Å². The SMILES string of the molecule is O=C(c1ccc2c(c1)OCCO2)C1CCN(C(=O)c2cnn(-c3ccccc3)n2)CC1. The van der Waals surface area contributed by atoms with Gasteiger partial charge in [0.1, 0.15) is 13.2 Å². The van der Waals surface area contributed by atoms with Gasteiger partial charge in [-0.15, -0.1) is 5.10 Å². The Kier molecular flexibility index (Phi) is 5.11. The molecule has 158 valence electrons. The Morgan fingerprint density at radius 3 is 2.45 bits per heavy atom. The number of aromatic nitrogens is 3. The highest BCUT2D eigenvalue weighted by atomic mass is 16.6. The second-order valence-electron chi connectivity index (χ2n) is 7.64. The molecule has 0 N–H and O–H groups in total. The van der Waals surface area contributed by atoms with Gasteiger partial charge in [-0.3, -0.25) is 9.59 Å². The van der Waals surface area contributed by atoms with Crippen LogP contribution in [0.4, 0.5) is 0 Å². The average molecular weight is 418 g/mol. The lowest BCUT2D eigenvalue weighted by molar-refractivity contribution is 0.0645. The molecule has 1 fully saturated rings. The number of ether oxygens (including phenoxy) is 2. The predicted molar refractivity (Wildman–Crippen MR) is 112 cm³/mol. The molecule has 2 aliphatic heterocycles. The number of rotatable bonds is 4. The highest BCUT2D eigenvalue weighted by Gasteiger charge is 2.30. The molecule has 3 aromatic rings. The van der Waals surface area contributed by atoms with Crippen LogP contribution in [0.15, 0.2) is 54.7 Å². The summed E-state index contributed by atoms with van der Waals surface area (Å²) in [6.07, 6.45) is 2.72. The molecule has 2 aromatic carbocycles. The third-order valence-corrected chi connectivity index (χ3v) is 5.68. The van der Waals surface area contributed by atoms with Crippen molar-refractivity contribution in [3.8, 4) is 17.2 Å². The second-order valence-corrected chi connectivity index (χ2v) is 7.64. The average Bonchev–Trinajstić information content (AvgIpc) is 3.34. The van der Waals surface area contributed by atoms with E-state index in [4.69, 9.17) is 9.47 Å². The minimum absolute atomic E-state index is 0.0825. The third-order valence-electron chi connectivity index (χ3n) is 5.68. The normalized spacial score (nSPS) is 16.2. The monoisotopic (exact) mass is 418 g/mol. The van der Waals surface area contributed by atoms with Crippen molar-refractivity contribution in [2.24, 2.45) is 5.92 Å². The topological polar surface area (TPSA) is 86.5 Å². The van der Waals surface area contributed by atoms with Gasteiger partial charge < -0.3 is 14.4 Å². The standard InChI is InChI=1S/C23H22N4O4/c28-22(17-6-7-20-21(14-17)31-13-12-30-20)16-8-10-26(11-9-16)23(29)19-15-24-27(25-19)18-4-2-1-3-5-18/h1-7,14-16H,8-13H2. The molecule has 0 atom stereocenters. The number of hydrogen-bond donors (Lipinski definition) is 0. The molecular formula is C23H22N4O4. The largest absolute Gasteiger partial charge is 0.486 e. The summed E-state index contributed by atoms with van der Waals surface area (Å²) < 4.78 is 11.1. The van der Waals surface area contributed by atoms with E-state index in [-0.39, 0.29) is 17.6 Å². The van der Waals surface area contributed by atoms with Gasteiger partial charge >= 0.3 is 0 Å². The van der Waals surface area contributed by atoms with E-state index in [2.05, 4.69) is 10.2 Å². The number of Topliss-reactive ketones (excluding diaryl/α,β-unsaturated/α-hetero) is 1. The van der Waals surface area contributed by atoms with Gasteiger partial charge in [-0.1, -0.05) is 18.2 Å². The molecular weight excluding hydrogens is 396 g/mol. The van der Waals surface area contributed by atoms with Crippen LogP contribution in [0.3, 0.4) is 0 Å². The van der Waals surface area contributed by atoms with Gasteiger partial charge in [0.05, 0.1) is 11.9 Å². The predicted octanol–water partition coefficient (Wildman–Crippen LogP) is 2.77. The van der Waals surface area contributed by atoms with Crippen LogP contribution in [0, 0.1) is 5.92 Å². The van der Waals surface area contributed by atoms with Crippen molar-refractivity contribution < 1.29 is 19.1 Å². The number of amides is 1. The van der Waals surface area contributed by atoms with Crippen molar-refractivity contribution in [1.82, 2.24) is 19.9 Å². The first-order valence-corrected chi connectivity index (χ1v) is 10.4. The molecule has 8 heteroatoms. The van der Waals surface area contributed by atoms with Crippen molar-refractivity contribution in [3.05, 3.63) is 66.0 Å². The first kappa shape index (κ1) is 19.3. The lowest BCUT2D eigenvalue weighted by atomic mass is 9.88. The number of piperidine rings is 1. The Bertz CT molecular complexity index is 1100. The van der Waals surface area contributed by atoms with Crippen molar-refractivity contribution in [3.63, 3.8) is 0 Å². The zero-order chi connectivity index (χ0) is 21.2. The van der Waals surface area contributed by atoms with Gasteiger partial charge in [0.15, 0.2) is 23.0 Å². The number of carbonyl (C=O) groups is 2. The summed E-state index contributed by atoms with van der Waals surface area (Å²) in [6, 6.07) is 14.8. The van der Waals surface area contributed by atoms with Gasteiger partial charge in [-0.25, -0.2) is 0 Å². The zero-order valence-electron chi connectivity index (χ0n) is 16.9. The highest BCUT2D eigenvalue weighted by Crippen LogP contribution is 2.32. The summed E-state index contributed by atoms with van der Waals surface area (Å²) in [7, 11) is 0. The zero-order valence-corrected chi connectivity index (χ0v) is 16.9. The first-order chi connectivity index (χ1) is 15.2. The van der Waals surface area contributed by atoms with Crippen LogP contribution in [0.1, 0.15) is 33.7 Å². The van der Waals surface area contributed by atoms with E-state index in [0.29, 0.717) is 61.9 Å². The lowest BCUT2D eigenvalue weighted by Gasteiger charge is -2.31. The number of carbonyl (C=O) groups excluding carboxylic acids is 2. The lowest BCUT2D eigenvalue weighted by Crippen LogP contribution is -2.40. The summed E-state index contributed by atoms with van der Waals surface area (Å²) in [6.45, 7) is 2.03. The first-order valence-electron chi connectivity index (χ1n) is 10.4. The highest BCUT2D eigenvalue weighted by molar-refractivity contribution is 5.99. The minimum atomic E-state index is -0.160. The van der Waals surface area contributed by atoms with E-state index in [1.807, 2.05) is 30.3 Å². The van der Waals surface area contributed by atoms with Crippen LogP contribution in [0.5, 0.6) is 11.5 Å². The van der Waals surface area contributed by atoms with E-state index < -0.39 is 0 Å². The Balaban J connectivity index is 1.22. The van der Waals surface area contributed by atoms with Gasteiger partial charge in [-0.05, 0) is 43.2 Å². The Hall–Kier alpha value is -3.68. The van der Waals surface area contributed by atoms with Crippen LogP contribution >= 0.6 is 0 Å². The molecule has 0 spiro atoms. The molecule has 3 heterocycles. The third kappa shape index (κ3) is 3.88. The molecule has 31 heavy (non-hydrogen) atoms. The number of benzene rings is 2. The van der Waals surface area contributed by atoms with Crippen molar-refractivity contribution in [2.75, 3.05) is 26.3 Å². The van der Waals surface area contributed by atoms with Crippen molar-refractivity contribution >= 4 is 11.7 Å². The van der Waals surface area contributed by atoms with Gasteiger partial charge in [0.2, 0.25) is 0 Å². The van der Waals surface area contributed by atoms with Gasteiger partial charge in [-0.2, -0.15) is 9.90 Å². The Labute approximate surface area is 179 Å². The van der Waals surface area contributed by atoms with Crippen LogP contribution in [-0.2, 0) is 0 Å². The van der Waals surface area contributed by atoms with Crippen LogP contribution < -0.4 is 9.47 Å². The minimum Gasteiger partial charge on any atom is -0.486 e. The van der Waals surface area contributed by atoms with E-state index in [0.717, 1.165) is 5.69 Å². The number of hydrogen-bond acceptors (Lipinski definition) is 6. The second kappa shape index (κ2) is 8.22. The molecule has 1 saturated heterocycles. The molecule has 0 radical (unpaired) electrons. The quantitative estimate of drug-likeness (QED) is 0.606. The van der Waals surface area contributed by atoms with Crippen molar-refractivity contribution in [2.45, 2.75) is 12.8 Å². The number of para-hydroxylation sites is 1. The molecule has 0 saturated carbocycles. The fourth-order valence-corrected chi connectivity index (χ4v) is 3.99. The van der Waals surface area contributed by atoms with E-state index in [1.165, 1.54) is 11.0 Å². The summed E-state index contributed by atoms with van der Waals surface area (Å²) in [5, 5.41) is 8.52. The maximum absolute atomic E-state index is 13.0. The molecule has 5 rings (SSSR count). The molecule has 8 nitrogen and oxygen atoms in total. The van der Waals surface area contributed by atoms with Gasteiger partial charge in [0.25, 0.3) is 5.91 Å². The summed E-state index contributed by atoms with van der Waals surface area (Å²) in [5.41, 5.74) is 1.73. The molecule has 0 aliphatic carbocycles. The van der Waals surface area contributed by atoms with Crippen LogP contribution in [0.2, 0.25) is 0 Å². The summed E-state index contributed by atoms with van der Waals surface area (Å²) >= 11 is 0. The molecule has 1 aromatic heterocycles. The number of fused-ring (bicyclic) bond motifs is 1. The smallest absolute Gasteiger partial charge is 0.276 e. The number of ketones is 1. The van der Waals surface area contributed by atoms with Crippen LogP contribution in [-0.4, -0.2) is 57.9 Å².